The topological polar surface area (TPSA) is 47.6 Å². The van der Waals surface area contributed by atoms with Crippen LogP contribution in [-0.2, 0) is 0 Å². The number of hydrogen-bond acceptors (Lipinski definition) is 2. The fraction of sp³-hybridized carbons (Fsp3) is 0.500. The average molecular weight is 132 g/mol. The van der Waals surface area contributed by atoms with Gasteiger partial charge in [-0.3, -0.25) is 0 Å². The minimum absolute atomic E-state index is 0.532. The minimum Gasteiger partial charge on any atom is -0.198 e. The van der Waals surface area contributed by atoms with Crippen LogP contribution in [0.15, 0.2) is 11.6 Å². The molecule has 1 fully saturated rings. The van der Waals surface area contributed by atoms with E-state index in [4.69, 9.17) is 10.5 Å². The molecule has 0 saturated heterocycles. The molecule has 0 aliphatic heterocycles. The molecule has 0 heterocycles. The summed E-state index contributed by atoms with van der Waals surface area (Å²) >= 11 is 0. The molecule has 1 saturated carbocycles. The fourth-order valence-electron chi connectivity index (χ4n) is 1.16. The first-order chi connectivity index (χ1) is 4.86. The zero-order valence-corrected chi connectivity index (χ0v) is 5.67. The molecule has 0 amide bonds. The van der Waals surface area contributed by atoms with Crippen molar-refractivity contribution in [3.63, 3.8) is 0 Å². The summed E-state index contributed by atoms with van der Waals surface area (Å²) in [6.07, 6.45) is 4.15. The van der Waals surface area contributed by atoms with Crippen molar-refractivity contribution >= 4 is 0 Å². The van der Waals surface area contributed by atoms with E-state index in [-0.39, 0.29) is 0 Å². The zero-order chi connectivity index (χ0) is 7.40. The molecule has 50 valence electrons. The van der Waals surface area contributed by atoms with Crippen molar-refractivity contribution in [2.24, 2.45) is 5.92 Å². The average Bonchev–Trinajstić information content (AvgIpc) is 1.84. The van der Waals surface area contributed by atoms with Crippen LogP contribution in [0.3, 0.4) is 0 Å². The van der Waals surface area contributed by atoms with E-state index >= 15 is 0 Å². The maximum absolute atomic E-state index is 8.28. The van der Waals surface area contributed by atoms with E-state index in [1.54, 1.807) is 6.08 Å². The van der Waals surface area contributed by atoms with Gasteiger partial charge in [0.25, 0.3) is 0 Å². The summed E-state index contributed by atoms with van der Waals surface area (Å²) in [5.74, 6) is 0.532. The third-order valence-corrected chi connectivity index (χ3v) is 1.75. The number of nitriles is 2. The van der Waals surface area contributed by atoms with Gasteiger partial charge < -0.3 is 0 Å². The molecule has 2 heteroatoms. The van der Waals surface area contributed by atoms with Crippen LogP contribution in [0.2, 0.25) is 0 Å². The Morgan fingerprint density at radius 1 is 1.50 bits per heavy atom. The third kappa shape index (κ3) is 1.36. The quantitative estimate of drug-likeness (QED) is 0.510. The Bertz CT molecular complexity index is 219. The first-order valence-electron chi connectivity index (χ1n) is 3.31. The van der Waals surface area contributed by atoms with Gasteiger partial charge in [-0.1, -0.05) is 5.57 Å². The third-order valence-electron chi connectivity index (χ3n) is 1.75. The molecule has 0 N–H and O–H groups in total. The Kier molecular flexibility index (Phi) is 2.07. The lowest BCUT2D eigenvalue weighted by Gasteiger charge is -2.25. The Hall–Kier alpha value is -1.28. The molecule has 1 aliphatic rings. The highest BCUT2D eigenvalue weighted by atomic mass is 14.3. The number of allylic oxidation sites excluding steroid dienone is 2. The second kappa shape index (κ2) is 3.03. The van der Waals surface area contributed by atoms with E-state index in [0.29, 0.717) is 12.3 Å². The predicted octanol–water partition coefficient (Wildman–Crippen LogP) is 1.76. The van der Waals surface area contributed by atoms with Gasteiger partial charge in [-0.05, 0) is 18.8 Å². The molecular formula is C8H8N2. The van der Waals surface area contributed by atoms with Gasteiger partial charge in [0.15, 0.2) is 0 Å². The zero-order valence-electron chi connectivity index (χ0n) is 5.67. The number of nitrogens with zero attached hydrogens (tertiary/aromatic N) is 2. The van der Waals surface area contributed by atoms with Crippen LogP contribution in [0, 0.1) is 28.6 Å². The SMILES string of the molecule is N#CC=C1CC(CC#N)C1. The maximum Gasteiger partial charge on any atom is 0.0911 e. The largest absolute Gasteiger partial charge is 0.198 e. The Balaban J connectivity index is 2.27. The maximum atomic E-state index is 8.28. The molecule has 0 bridgehead atoms. The van der Waals surface area contributed by atoms with Crippen molar-refractivity contribution in [2.75, 3.05) is 0 Å². The standard InChI is InChI=1S/C8H8N2/c9-3-1-7-5-8(6-7)2-4-10/h1,8H,2,5-6H2. The van der Waals surface area contributed by atoms with E-state index in [9.17, 15) is 0 Å². The van der Waals surface area contributed by atoms with Gasteiger partial charge in [0.2, 0.25) is 0 Å². The highest BCUT2D eigenvalue weighted by molar-refractivity contribution is 5.20. The summed E-state index contributed by atoms with van der Waals surface area (Å²) < 4.78 is 0. The highest BCUT2D eigenvalue weighted by Crippen LogP contribution is 2.34. The van der Waals surface area contributed by atoms with E-state index in [1.165, 1.54) is 5.57 Å². The Morgan fingerprint density at radius 2 is 2.20 bits per heavy atom. The van der Waals surface area contributed by atoms with Crippen molar-refractivity contribution in [1.29, 1.82) is 10.5 Å². The van der Waals surface area contributed by atoms with Gasteiger partial charge in [0.05, 0.1) is 12.1 Å². The summed E-state index contributed by atoms with van der Waals surface area (Å²) in [7, 11) is 0. The summed E-state index contributed by atoms with van der Waals surface area (Å²) in [5.41, 5.74) is 1.20. The summed E-state index contributed by atoms with van der Waals surface area (Å²) in [6, 6.07) is 4.11. The van der Waals surface area contributed by atoms with Gasteiger partial charge in [0.1, 0.15) is 0 Å². The summed E-state index contributed by atoms with van der Waals surface area (Å²) in [4.78, 5) is 0. The van der Waals surface area contributed by atoms with Crippen LogP contribution in [-0.4, -0.2) is 0 Å². The molecule has 10 heavy (non-hydrogen) atoms. The molecule has 1 rings (SSSR count). The molecule has 0 radical (unpaired) electrons. The van der Waals surface area contributed by atoms with Crippen molar-refractivity contribution in [3.8, 4) is 12.1 Å². The van der Waals surface area contributed by atoms with E-state index in [1.807, 2.05) is 6.07 Å². The second-order valence-electron chi connectivity index (χ2n) is 2.57. The van der Waals surface area contributed by atoms with Gasteiger partial charge in [0, 0.05) is 12.5 Å². The molecule has 2 nitrogen and oxygen atoms in total. The van der Waals surface area contributed by atoms with Gasteiger partial charge in [-0.25, -0.2) is 0 Å². The molecule has 0 aromatic carbocycles. The van der Waals surface area contributed by atoms with Crippen LogP contribution in [0.4, 0.5) is 0 Å². The normalized spacial score (nSPS) is 22.2. The van der Waals surface area contributed by atoms with Crippen LogP contribution in [0.5, 0.6) is 0 Å². The summed E-state index contributed by atoms with van der Waals surface area (Å²) in [6.45, 7) is 0. The Morgan fingerprint density at radius 3 is 2.70 bits per heavy atom. The highest BCUT2D eigenvalue weighted by Gasteiger charge is 2.21. The lowest BCUT2D eigenvalue weighted by molar-refractivity contribution is 0.427. The van der Waals surface area contributed by atoms with Crippen molar-refractivity contribution in [2.45, 2.75) is 19.3 Å². The van der Waals surface area contributed by atoms with Crippen LogP contribution < -0.4 is 0 Å². The van der Waals surface area contributed by atoms with Crippen LogP contribution in [0.25, 0.3) is 0 Å². The van der Waals surface area contributed by atoms with E-state index in [0.717, 1.165) is 12.8 Å². The predicted molar refractivity (Wildman–Crippen MR) is 36.7 cm³/mol. The van der Waals surface area contributed by atoms with Gasteiger partial charge in [-0.15, -0.1) is 0 Å². The molecule has 0 spiro atoms. The first kappa shape index (κ1) is 6.83. The molecule has 0 atom stereocenters. The fourth-order valence-corrected chi connectivity index (χ4v) is 1.16. The summed E-state index contributed by atoms with van der Waals surface area (Å²) in [5, 5.41) is 16.5. The molecule has 1 aliphatic carbocycles. The van der Waals surface area contributed by atoms with Crippen LogP contribution in [0.1, 0.15) is 19.3 Å². The monoisotopic (exact) mass is 132 g/mol. The van der Waals surface area contributed by atoms with Crippen molar-refractivity contribution < 1.29 is 0 Å². The molecule has 0 aromatic rings. The van der Waals surface area contributed by atoms with Gasteiger partial charge in [-0.2, -0.15) is 10.5 Å². The molecule has 0 aromatic heterocycles. The smallest absolute Gasteiger partial charge is 0.0911 e. The van der Waals surface area contributed by atoms with Crippen molar-refractivity contribution in [3.05, 3.63) is 11.6 Å². The molecular weight excluding hydrogens is 124 g/mol. The first-order valence-corrected chi connectivity index (χ1v) is 3.31. The second-order valence-corrected chi connectivity index (χ2v) is 2.57. The van der Waals surface area contributed by atoms with Crippen LogP contribution >= 0.6 is 0 Å². The number of rotatable bonds is 1. The van der Waals surface area contributed by atoms with E-state index in [2.05, 4.69) is 6.07 Å². The Labute approximate surface area is 60.4 Å². The number of hydrogen-bond donors (Lipinski definition) is 0. The lowest BCUT2D eigenvalue weighted by Crippen LogP contribution is -2.13. The van der Waals surface area contributed by atoms with Crippen molar-refractivity contribution in [1.82, 2.24) is 0 Å². The minimum atomic E-state index is 0.532. The molecule has 0 unspecified atom stereocenters. The lowest BCUT2D eigenvalue weighted by atomic mass is 9.78. The van der Waals surface area contributed by atoms with Gasteiger partial charge >= 0.3 is 0 Å². The van der Waals surface area contributed by atoms with E-state index < -0.39 is 0 Å².